The van der Waals surface area contributed by atoms with Gasteiger partial charge >= 0.3 is 0 Å². The number of carbonyl (C=O) groups is 1. The molecule has 0 atom stereocenters. The van der Waals surface area contributed by atoms with Crippen molar-refractivity contribution in [2.24, 2.45) is 0 Å². The second-order valence-electron chi connectivity index (χ2n) is 10.3. The minimum atomic E-state index is -0.0755. The first-order valence-corrected chi connectivity index (χ1v) is 14.4. The maximum atomic E-state index is 13.4. The third-order valence-corrected chi connectivity index (χ3v) is 7.43. The number of amides is 1. The van der Waals surface area contributed by atoms with Crippen LogP contribution in [-0.4, -0.2) is 62.7 Å². The fraction of sp³-hybridized carbons (Fsp3) is 0.324. The van der Waals surface area contributed by atoms with E-state index in [9.17, 15) is 4.79 Å². The van der Waals surface area contributed by atoms with E-state index in [4.69, 9.17) is 18.6 Å². The number of ether oxygens (including phenoxy) is 3. The third kappa shape index (κ3) is 7.06. The summed E-state index contributed by atoms with van der Waals surface area (Å²) >= 11 is 0. The normalized spacial score (nSPS) is 13.3. The van der Waals surface area contributed by atoms with E-state index in [-0.39, 0.29) is 5.91 Å². The largest absolute Gasteiger partial charge is 0.493 e. The van der Waals surface area contributed by atoms with Crippen LogP contribution in [0.4, 0.5) is 5.69 Å². The lowest BCUT2D eigenvalue weighted by molar-refractivity contribution is 0.0710. The molecule has 1 aliphatic heterocycles. The Morgan fingerprint density at radius 2 is 1.48 bits per heavy atom. The zero-order chi connectivity index (χ0) is 29.3. The van der Waals surface area contributed by atoms with Gasteiger partial charge in [-0.05, 0) is 54.4 Å². The number of benzene rings is 3. The van der Waals surface area contributed by atoms with E-state index in [1.165, 1.54) is 5.56 Å². The maximum Gasteiger partial charge on any atom is 0.289 e. The van der Waals surface area contributed by atoms with Crippen molar-refractivity contribution < 1.29 is 23.4 Å². The van der Waals surface area contributed by atoms with Crippen molar-refractivity contribution >= 4 is 11.6 Å². The molecule has 8 heteroatoms. The Labute approximate surface area is 248 Å². The minimum absolute atomic E-state index is 0.0755. The number of anilines is 1. The second-order valence-corrected chi connectivity index (χ2v) is 10.3. The summed E-state index contributed by atoms with van der Waals surface area (Å²) < 4.78 is 22.9. The van der Waals surface area contributed by atoms with E-state index < -0.39 is 0 Å². The molecular formula is C34H39N3O5. The van der Waals surface area contributed by atoms with Gasteiger partial charge < -0.3 is 28.4 Å². The van der Waals surface area contributed by atoms with Crippen molar-refractivity contribution in [1.29, 1.82) is 0 Å². The first-order chi connectivity index (χ1) is 20.6. The summed E-state index contributed by atoms with van der Waals surface area (Å²) in [7, 11) is 3.28. The molecule has 2 heterocycles. The van der Waals surface area contributed by atoms with Crippen LogP contribution >= 0.6 is 0 Å². The Kier molecular flexibility index (Phi) is 9.66. The molecule has 0 bridgehead atoms. The molecule has 0 aliphatic carbocycles. The summed E-state index contributed by atoms with van der Waals surface area (Å²) in [6, 6.07) is 28.1. The molecule has 1 amide bonds. The van der Waals surface area contributed by atoms with Gasteiger partial charge in [-0.1, -0.05) is 48.5 Å². The molecule has 0 radical (unpaired) electrons. The average Bonchev–Trinajstić information content (AvgIpc) is 3.50. The van der Waals surface area contributed by atoms with Gasteiger partial charge in [0, 0.05) is 39.3 Å². The smallest absolute Gasteiger partial charge is 0.289 e. The average molecular weight is 570 g/mol. The molecule has 0 N–H and O–H groups in total. The zero-order valence-corrected chi connectivity index (χ0v) is 24.6. The molecular weight excluding hydrogens is 530 g/mol. The highest BCUT2D eigenvalue weighted by atomic mass is 16.5. The highest BCUT2D eigenvalue weighted by Gasteiger charge is 2.26. The Morgan fingerprint density at radius 3 is 2.21 bits per heavy atom. The Balaban J connectivity index is 1.25. The summed E-state index contributed by atoms with van der Waals surface area (Å²) in [6.07, 6.45) is 0. The molecule has 5 rings (SSSR count). The monoisotopic (exact) mass is 569 g/mol. The summed E-state index contributed by atoms with van der Waals surface area (Å²) in [5, 5.41) is 0. The molecule has 8 nitrogen and oxygen atoms in total. The van der Waals surface area contributed by atoms with Crippen molar-refractivity contribution in [2.45, 2.75) is 26.6 Å². The number of hydrogen-bond acceptors (Lipinski definition) is 7. The summed E-state index contributed by atoms with van der Waals surface area (Å²) in [5.41, 5.74) is 3.36. The van der Waals surface area contributed by atoms with Gasteiger partial charge in [0.05, 0.1) is 33.1 Å². The van der Waals surface area contributed by atoms with E-state index in [0.29, 0.717) is 50.0 Å². The minimum Gasteiger partial charge on any atom is -0.493 e. The maximum absolute atomic E-state index is 13.4. The quantitative estimate of drug-likeness (QED) is 0.212. The van der Waals surface area contributed by atoms with Gasteiger partial charge in [0.15, 0.2) is 17.3 Å². The number of methoxy groups -OCH3 is 2. The SMILES string of the molecule is CCOc1ccccc1N1CCN(C(=O)c2ccc(CN(Cc3ccccc3)Cc3ccc(OC)c(OC)c3)o2)CC1. The number of piperazine rings is 1. The predicted octanol–water partition coefficient (Wildman–Crippen LogP) is 5.86. The van der Waals surface area contributed by atoms with Crippen molar-refractivity contribution in [1.82, 2.24) is 9.80 Å². The molecule has 0 saturated carbocycles. The lowest BCUT2D eigenvalue weighted by Gasteiger charge is -2.36. The van der Waals surface area contributed by atoms with Crippen LogP contribution in [-0.2, 0) is 19.6 Å². The van der Waals surface area contributed by atoms with Crippen LogP contribution in [0, 0.1) is 0 Å². The van der Waals surface area contributed by atoms with Gasteiger partial charge in [-0.2, -0.15) is 0 Å². The third-order valence-electron chi connectivity index (χ3n) is 7.43. The van der Waals surface area contributed by atoms with Crippen molar-refractivity contribution in [2.75, 3.05) is 51.9 Å². The Bertz CT molecular complexity index is 1450. The number of carbonyl (C=O) groups excluding carboxylic acids is 1. The van der Waals surface area contributed by atoms with Crippen LogP contribution in [0.1, 0.15) is 34.4 Å². The van der Waals surface area contributed by atoms with E-state index in [0.717, 1.165) is 42.4 Å². The number of rotatable bonds is 12. The fourth-order valence-corrected chi connectivity index (χ4v) is 5.35. The van der Waals surface area contributed by atoms with E-state index in [1.807, 2.05) is 72.5 Å². The van der Waals surface area contributed by atoms with Crippen LogP contribution in [0.2, 0.25) is 0 Å². The van der Waals surface area contributed by atoms with Gasteiger partial charge in [0.1, 0.15) is 11.5 Å². The van der Waals surface area contributed by atoms with Crippen LogP contribution < -0.4 is 19.1 Å². The number of para-hydroxylation sites is 2. The molecule has 0 spiro atoms. The number of hydrogen-bond donors (Lipinski definition) is 0. The zero-order valence-electron chi connectivity index (χ0n) is 24.6. The van der Waals surface area contributed by atoms with Gasteiger partial charge in [-0.25, -0.2) is 0 Å². The molecule has 1 aromatic heterocycles. The summed E-state index contributed by atoms with van der Waals surface area (Å²) in [6.45, 7) is 7.27. The van der Waals surface area contributed by atoms with Crippen molar-refractivity contribution in [3.05, 3.63) is 108 Å². The van der Waals surface area contributed by atoms with Crippen LogP contribution in [0.15, 0.2) is 89.3 Å². The molecule has 3 aromatic carbocycles. The standard InChI is InChI=1S/C34H39N3O5/c1-4-41-30-13-9-8-12-29(30)36-18-20-37(21-19-36)34(38)32-17-15-28(42-32)25-35(23-26-10-6-5-7-11-26)24-27-14-16-31(39-2)33(22-27)40-3/h5-17,22H,4,18-21,23-25H2,1-3H3. The fourth-order valence-electron chi connectivity index (χ4n) is 5.35. The molecule has 1 aliphatic rings. The van der Waals surface area contributed by atoms with Crippen LogP contribution in [0.25, 0.3) is 0 Å². The number of furan rings is 1. The van der Waals surface area contributed by atoms with Gasteiger partial charge in [-0.15, -0.1) is 0 Å². The van der Waals surface area contributed by atoms with Crippen molar-refractivity contribution in [3.8, 4) is 17.2 Å². The first kappa shape index (κ1) is 29.1. The molecule has 1 saturated heterocycles. The lowest BCUT2D eigenvalue weighted by Crippen LogP contribution is -2.48. The topological polar surface area (TPSA) is 67.6 Å². The molecule has 4 aromatic rings. The molecule has 0 unspecified atom stereocenters. The Morgan fingerprint density at radius 1 is 0.762 bits per heavy atom. The summed E-state index contributed by atoms with van der Waals surface area (Å²) in [5.74, 6) is 3.32. The van der Waals surface area contributed by atoms with E-state index in [1.54, 1.807) is 20.3 Å². The van der Waals surface area contributed by atoms with Crippen molar-refractivity contribution in [3.63, 3.8) is 0 Å². The van der Waals surface area contributed by atoms with E-state index >= 15 is 0 Å². The van der Waals surface area contributed by atoms with Gasteiger partial charge in [0.25, 0.3) is 5.91 Å². The molecule has 220 valence electrons. The first-order valence-electron chi connectivity index (χ1n) is 14.4. The molecule has 1 fully saturated rings. The van der Waals surface area contributed by atoms with Gasteiger partial charge in [0.2, 0.25) is 0 Å². The highest BCUT2D eigenvalue weighted by Crippen LogP contribution is 2.30. The molecule has 42 heavy (non-hydrogen) atoms. The van der Waals surface area contributed by atoms with E-state index in [2.05, 4.69) is 28.0 Å². The lowest BCUT2D eigenvalue weighted by atomic mass is 10.1. The highest BCUT2D eigenvalue weighted by molar-refractivity contribution is 5.91. The Hall–Kier alpha value is -4.43. The predicted molar refractivity (Wildman–Crippen MR) is 163 cm³/mol. The van der Waals surface area contributed by atoms with Crippen LogP contribution in [0.5, 0.6) is 17.2 Å². The van der Waals surface area contributed by atoms with Gasteiger partial charge in [-0.3, -0.25) is 9.69 Å². The summed E-state index contributed by atoms with van der Waals surface area (Å²) in [4.78, 5) is 19.8. The number of nitrogens with zero attached hydrogens (tertiary/aromatic N) is 3. The van der Waals surface area contributed by atoms with Crippen LogP contribution in [0.3, 0.4) is 0 Å². The second kappa shape index (κ2) is 14.0.